The van der Waals surface area contributed by atoms with Crippen molar-refractivity contribution in [2.45, 2.75) is 116 Å². The van der Waals surface area contributed by atoms with Crippen LogP contribution in [0.1, 0.15) is 94.2 Å². The molecule has 216 valence electrons. The fourth-order valence-electron chi connectivity index (χ4n) is 7.02. The Hall–Kier alpha value is -2.81. The second-order valence-electron chi connectivity index (χ2n) is 12.9. The maximum Gasteiger partial charge on any atom is 0.258 e. The van der Waals surface area contributed by atoms with E-state index in [-0.39, 0.29) is 0 Å². The van der Waals surface area contributed by atoms with Crippen molar-refractivity contribution in [3.63, 3.8) is 0 Å². The van der Waals surface area contributed by atoms with Gasteiger partial charge in [-0.3, -0.25) is 0 Å². The summed E-state index contributed by atoms with van der Waals surface area (Å²) in [7, 11) is -4.17. The van der Waals surface area contributed by atoms with E-state index in [4.69, 9.17) is 8.85 Å². The van der Waals surface area contributed by atoms with E-state index in [1.54, 1.807) is 0 Å². The van der Waals surface area contributed by atoms with E-state index in [0.717, 1.165) is 11.5 Å². The molecule has 6 heteroatoms. The fourth-order valence-corrected chi connectivity index (χ4v) is 17.5. The molecule has 0 bridgehead atoms. The molecule has 0 N–H and O–H groups in total. The third-order valence-electron chi connectivity index (χ3n) is 8.76. The molecule has 0 aromatic heterocycles. The van der Waals surface area contributed by atoms with Crippen molar-refractivity contribution in [1.82, 2.24) is 0 Å². The van der Waals surface area contributed by atoms with Crippen molar-refractivity contribution in [3.8, 4) is 23.6 Å². The molecule has 0 unspecified atom stereocenters. The summed E-state index contributed by atoms with van der Waals surface area (Å²) in [6.07, 6.45) is 0. The van der Waals surface area contributed by atoms with Gasteiger partial charge in [0.25, 0.3) is 16.6 Å². The number of benzene rings is 2. The summed E-state index contributed by atoms with van der Waals surface area (Å²) < 4.78 is 13.6. The standard InChI is InChI=1S/C34H50N2O2Si2/c1-23(2)39(24(3)4,25(5)6)37-31-17-13-29(14-18-31)33(21-35)34(22-36)30-15-19-32(20-16-30)38-40(26(7)8,27(9)10)28(11)12/h13-20,23-28H,1-12H3/b34-33+. The first-order valence-corrected chi connectivity index (χ1v) is 19.1. The van der Waals surface area contributed by atoms with Gasteiger partial charge in [-0.1, -0.05) is 83.1 Å². The van der Waals surface area contributed by atoms with Crippen LogP contribution in [0.15, 0.2) is 48.5 Å². The smallest absolute Gasteiger partial charge is 0.258 e. The van der Waals surface area contributed by atoms with E-state index in [1.807, 2.05) is 48.5 Å². The van der Waals surface area contributed by atoms with Gasteiger partial charge in [-0.25, -0.2) is 0 Å². The molecule has 0 aliphatic rings. The van der Waals surface area contributed by atoms with Gasteiger partial charge in [0.2, 0.25) is 0 Å². The quantitative estimate of drug-likeness (QED) is 0.144. The van der Waals surface area contributed by atoms with Gasteiger partial charge in [-0.05, 0) is 92.9 Å². The second-order valence-corrected chi connectivity index (χ2v) is 23.6. The van der Waals surface area contributed by atoms with Crippen molar-refractivity contribution >= 4 is 27.8 Å². The molecule has 0 spiro atoms. The highest BCUT2D eigenvalue weighted by Crippen LogP contribution is 2.44. The van der Waals surface area contributed by atoms with Crippen LogP contribution in [0.2, 0.25) is 33.2 Å². The molecule has 0 heterocycles. The molecule has 0 saturated carbocycles. The zero-order chi connectivity index (χ0) is 30.4. The number of hydrogen-bond donors (Lipinski definition) is 0. The van der Waals surface area contributed by atoms with Gasteiger partial charge < -0.3 is 8.85 Å². The number of hydrogen-bond acceptors (Lipinski definition) is 4. The van der Waals surface area contributed by atoms with Crippen LogP contribution >= 0.6 is 0 Å². The Balaban J connectivity index is 2.45. The Kier molecular flexibility index (Phi) is 11.4. The Labute approximate surface area is 246 Å². The Morgan fingerprint density at radius 3 is 0.875 bits per heavy atom. The van der Waals surface area contributed by atoms with Gasteiger partial charge in [0, 0.05) is 0 Å². The first-order chi connectivity index (χ1) is 18.7. The second kappa shape index (κ2) is 13.7. The highest BCUT2D eigenvalue weighted by atomic mass is 28.4. The average molecular weight is 575 g/mol. The molecule has 40 heavy (non-hydrogen) atoms. The maximum atomic E-state index is 10.1. The molecule has 0 saturated heterocycles. The summed E-state index contributed by atoms with van der Waals surface area (Å²) in [5.41, 5.74) is 4.94. The molecule has 0 aliphatic heterocycles. The molecule has 2 aromatic rings. The van der Waals surface area contributed by atoms with Crippen LogP contribution in [0, 0.1) is 22.7 Å². The predicted octanol–water partition coefficient (Wildman–Crippen LogP) is 10.8. The predicted molar refractivity (Wildman–Crippen MR) is 174 cm³/mol. The minimum Gasteiger partial charge on any atom is -0.543 e. The molecule has 4 nitrogen and oxygen atoms in total. The van der Waals surface area contributed by atoms with E-state index in [1.165, 1.54) is 0 Å². The van der Waals surface area contributed by atoms with Gasteiger partial charge >= 0.3 is 0 Å². The van der Waals surface area contributed by atoms with Crippen LogP contribution in [0.4, 0.5) is 0 Å². The van der Waals surface area contributed by atoms with Gasteiger partial charge in [0.15, 0.2) is 0 Å². The first kappa shape index (κ1) is 33.4. The molecule has 0 fully saturated rings. The lowest BCUT2D eigenvalue weighted by atomic mass is 9.96. The van der Waals surface area contributed by atoms with Crippen molar-refractivity contribution in [2.24, 2.45) is 0 Å². The van der Waals surface area contributed by atoms with Gasteiger partial charge in [0.05, 0.1) is 11.1 Å². The summed E-state index contributed by atoms with van der Waals surface area (Å²) in [5, 5.41) is 20.2. The number of rotatable bonds is 12. The van der Waals surface area contributed by atoms with Crippen molar-refractivity contribution in [3.05, 3.63) is 59.7 Å². The number of nitriles is 2. The molecule has 2 aromatic carbocycles. The van der Waals surface area contributed by atoms with E-state index in [9.17, 15) is 10.5 Å². The summed E-state index contributed by atoms with van der Waals surface area (Å²) >= 11 is 0. The lowest BCUT2D eigenvalue weighted by Gasteiger charge is -2.42. The number of allylic oxidation sites excluding steroid dienone is 2. The van der Waals surface area contributed by atoms with Gasteiger partial charge in [-0.15, -0.1) is 0 Å². The van der Waals surface area contributed by atoms with Crippen molar-refractivity contribution in [1.29, 1.82) is 10.5 Å². The Morgan fingerprint density at radius 2 is 0.700 bits per heavy atom. The first-order valence-electron chi connectivity index (χ1n) is 14.8. The molecule has 0 radical (unpaired) electrons. The Morgan fingerprint density at radius 1 is 0.475 bits per heavy atom. The SMILES string of the molecule is CC(C)[Si](Oc1ccc(/C(C#N)=C(\C#N)c2ccc(O[Si](C(C)C)(C(C)C)C(C)C)cc2)cc1)(C(C)C)C(C)C. The van der Waals surface area contributed by atoms with Crippen LogP contribution in [-0.2, 0) is 0 Å². The lowest BCUT2D eigenvalue weighted by molar-refractivity contribution is 0.479. The fraction of sp³-hybridized carbons (Fsp3) is 0.529. The molecule has 0 aliphatic carbocycles. The van der Waals surface area contributed by atoms with Crippen molar-refractivity contribution in [2.75, 3.05) is 0 Å². The van der Waals surface area contributed by atoms with E-state index in [2.05, 4.69) is 95.2 Å². The van der Waals surface area contributed by atoms with Crippen molar-refractivity contribution < 1.29 is 8.85 Å². The maximum absolute atomic E-state index is 10.1. The monoisotopic (exact) mass is 574 g/mol. The van der Waals surface area contributed by atoms with Gasteiger partial charge in [0.1, 0.15) is 23.6 Å². The highest BCUT2D eigenvalue weighted by Gasteiger charge is 2.48. The van der Waals surface area contributed by atoms with E-state index < -0.39 is 16.6 Å². The molecule has 2 rings (SSSR count). The zero-order valence-corrected chi connectivity index (χ0v) is 28.8. The zero-order valence-electron chi connectivity index (χ0n) is 26.8. The van der Waals surface area contributed by atoms with E-state index in [0.29, 0.717) is 55.5 Å². The van der Waals surface area contributed by atoms with Crippen LogP contribution < -0.4 is 8.85 Å². The summed E-state index contributed by atoms with van der Waals surface area (Å²) in [6.45, 7) is 27.2. The van der Waals surface area contributed by atoms with Crippen LogP contribution in [-0.4, -0.2) is 16.6 Å². The summed E-state index contributed by atoms with van der Waals surface area (Å²) in [4.78, 5) is 0. The normalized spacial score (nSPS) is 13.2. The lowest BCUT2D eigenvalue weighted by Crippen LogP contribution is -2.50. The number of nitrogens with zero attached hydrogens (tertiary/aromatic N) is 2. The highest BCUT2D eigenvalue weighted by molar-refractivity contribution is 6.78. The topological polar surface area (TPSA) is 66.0 Å². The van der Waals surface area contributed by atoms with Crippen LogP contribution in [0.25, 0.3) is 11.1 Å². The molecule has 0 amide bonds. The Bertz CT molecular complexity index is 1090. The summed E-state index contributed by atoms with van der Waals surface area (Å²) in [5.74, 6) is 1.66. The third-order valence-corrected chi connectivity index (χ3v) is 20.8. The minimum absolute atomic E-state index is 0.359. The molecular weight excluding hydrogens is 525 g/mol. The largest absolute Gasteiger partial charge is 0.543 e. The van der Waals surface area contributed by atoms with E-state index >= 15 is 0 Å². The average Bonchev–Trinajstić information content (AvgIpc) is 2.88. The molecule has 0 atom stereocenters. The summed E-state index contributed by atoms with van der Waals surface area (Å²) in [6, 6.07) is 20.0. The third kappa shape index (κ3) is 6.56. The molecular formula is C34H50N2O2Si2. The van der Waals surface area contributed by atoms with Crippen LogP contribution in [0.3, 0.4) is 0 Å². The van der Waals surface area contributed by atoms with Gasteiger partial charge in [-0.2, -0.15) is 10.5 Å². The van der Waals surface area contributed by atoms with Crippen LogP contribution in [0.5, 0.6) is 11.5 Å². The minimum atomic E-state index is -2.09.